The van der Waals surface area contributed by atoms with Crippen LogP contribution in [0.2, 0.25) is 0 Å². The fourth-order valence-corrected chi connectivity index (χ4v) is 5.19. The van der Waals surface area contributed by atoms with Crippen LogP contribution in [0.5, 0.6) is 5.75 Å². The van der Waals surface area contributed by atoms with Crippen molar-refractivity contribution in [2.45, 2.75) is 25.7 Å². The highest BCUT2D eigenvalue weighted by atomic mass is 16.5. The first kappa shape index (κ1) is 22.0. The Labute approximate surface area is 200 Å². The third-order valence-corrected chi connectivity index (χ3v) is 6.95. The maximum Gasteiger partial charge on any atom is 0.293 e. The summed E-state index contributed by atoms with van der Waals surface area (Å²) in [5, 5.41) is 10.1. The monoisotopic (exact) mass is 453 g/mol. The maximum atomic E-state index is 13.1. The van der Waals surface area contributed by atoms with Crippen LogP contribution in [0.15, 0.2) is 54.6 Å². The predicted octanol–water partition coefficient (Wildman–Crippen LogP) is 3.89. The summed E-state index contributed by atoms with van der Waals surface area (Å²) in [6.07, 6.45) is 4.19. The number of amides is 1. The lowest BCUT2D eigenvalue weighted by Crippen LogP contribution is -2.50. The first-order valence-corrected chi connectivity index (χ1v) is 11.9. The molecule has 5 rings (SSSR count). The van der Waals surface area contributed by atoms with Crippen molar-refractivity contribution in [3.63, 3.8) is 0 Å². The minimum Gasteiger partial charge on any atom is -0.496 e. The molecule has 2 heterocycles. The zero-order valence-corrected chi connectivity index (χ0v) is 19.5. The second-order valence-electron chi connectivity index (χ2n) is 8.85. The molecular formula is C28H29N4O2+. The molecule has 2 aliphatic rings. The van der Waals surface area contributed by atoms with E-state index in [1.54, 1.807) is 7.11 Å². The van der Waals surface area contributed by atoms with E-state index in [0.29, 0.717) is 37.5 Å². The van der Waals surface area contributed by atoms with Gasteiger partial charge in [-0.3, -0.25) is 9.69 Å². The fourth-order valence-electron chi connectivity index (χ4n) is 5.19. The number of ether oxygens (including phenoxy) is 1. The SMILES string of the molecule is COc1ccccc1C(=O)N1CCN(c2[nH+]c(-c3ccccc3)c3c(c2C#N)CCCC3)CC1. The standard InChI is InChI=1S/C28H28N4O2/c1-34-25-14-8-7-13-23(25)28(33)32-17-15-31(16-18-32)27-24(19-29)21-11-5-6-12-22(21)26(30-27)20-9-3-2-4-10-20/h2-4,7-10,13-14H,5-6,11-12,15-18H2,1H3/p+1. The molecule has 0 radical (unpaired) electrons. The summed E-state index contributed by atoms with van der Waals surface area (Å²) in [5.74, 6) is 1.46. The van der Waals surface area contributed by atoms with Crippen molar-refractivity contribution < 1.29 is 14.5 Å². The summed E-state index contributed by atoms with van der Waals surface area (Å²) < 4.78 is 5.39. The molecule has 3 aromatic rings. The number of hydrogen-bond donors (Lipinski definition) is 0. The number of nitriles is 1. The molecule has 0 saturated carbocycles. The number of carbonyl (C=O) groups is 1. The minimum atomic E-state index is -0.0167. The van der Waals surface area contributed by atoms with Crippen LogP contribution in [-0.2, 0) is 12.8 Å². The number of nitrogens with one attached hydrogen (secondary N) is 1. The molecular weight excluding hydrogens is 424 g/mol. The highest BCUT2D eigenvalue weighted by molar-refractivity contribution is 5.97. The van der Waals surface area contributed by atoms with E-state index in [9.17, 15) is 10.1 Å². The molecule has 1 aliphatic carbocycles. The summed E-state index contributed by atoms with van der Waals surface area (Å²) in [7, 11) is 1.59. The molecule has 0 bridgehead atoms. The summed E-state index contributed by atoms with van der Waals surface area (Å²) in [5.41, 5.74) is 6.09. The van der Waals surface area contributed by atoms with Gasteiger partial charge in [0.25, 0.3) is 11.7 Å². The molecule has 172 valence electrons. The number of rotatable bonds is 4. The van der Waals surface area contributed by atoms with Crippen LogP contribution in [0.1, 0.15) is 39.9 Å². The highest BCUT2D eigenvalue weighted by Crippen LogP contribution is 2.34. The number of anilines is 1. The van der Waals surface area contributed by atoms with Gasteiger partial charge < -0.3 is 9.64 Å². The number of benzene rings is 2. The van der Waals surface area contributed by atoms with Gasteiger partial charge in [0, 0.05) is 11.1 Å². The smallest absolute Gasteiger partial charge is 0.293 e. The van der Waals surface area contributed by atoms with Gasteiger partial charge in [0.15, 0.2) is 0 Å². The molecule has 34 heavy (non-hydrogen) atoms. The van der Waals surface area contributed by atoms with Crippen LogP contribution in [0, 0.1) is 11.3 Å². The molecule has 1 aromatic heterocycles. The first-order chi connectivity index (χ1) is 16.7. The van der Waals surface area contributed by atoms with Crippen LogP contribution in [0.25, 0.3) is 11.3 Å². The second-order valence-corrected chi connectivity index (χ2v) is 8.85. The second kappa shape index (κ2) is 9.56. The van der Waals surface area contributed by atoms with Gasteiger partial charge in [-0.05, 0) is 43.4 Å². The average molecular weight is 454 g/mol. The molecule has 6 nitrogen and oxygen atoms in total. The number of para-hydroxylation sites is 1. The van der Waals surface area contributed by atoms with Crippen molar-refractivity contribution in [2.24, 2.45) is 0 Å². The summed E-state index contributed by atoms with van der Waals surface area (Å²) >= 11 is 0. The van der Waals surface area contributed by atoms with Gasteiger partial charge in [-0.2, -0.15) is 5.26 Å². The average Bonchev–Trinajstić information content (AvgIpc) is 2.92. The Bertz CT molecular complexity index is 1240. The van der Waals surface area contributed by atoms with Crippen molar-refractivity contribution in [1.82, 2.24) is 4.90 Å². The number of methoxy groups -OCH3 is 1. The van der Waals surface area contributed by atoms with E-state index in [0.717, 1.165) is 48.3 Å². The molecule has 1 N–H and O–H groups in total. The molecule has 6 heteroatoms. The molecule has 1 aliphatic heterocycles. The van der Waals surface area contributed by atoms with Crippen molar-refractivity contribution in [2.75, 3.05) is 38.2 Å². The first-order valence-electron chi connectivity index (χ1n) is 11.9. The summed E-state index contributed by atoms with van der Waals surface area (Å²) in [6, 6.07) is 20.2. The Morgan fingerprint density at radius 2 is 1.62 bits per heavy atom. The van der Waals surface area contributed by atoms with E-state index in [2.05, 4.69) is 40.2 Å². The molecule has 1 saturated heterocycles. The Morgan fingerprint density at radius 3 is 2.32 bits per heavy atom. The largest absolute Gasteiger partial charge is 0.496 e. The lowest BCUT2D eigenvalue weighted by atomic mass is 9.86. The number of aromatic nitrogens is 1. The summed E-state index contributed by atoms with van der Waals surface area (Å²) in [6.45, 7) is 2.51. The zero-order chi connectivity index (χ0) is 23.5. The van der Waals surface area contributed by atoms with Gasteiger partial charge in [-0.15, -0.1) is 0 Å². The van der Waals surface area contributed by atoms with Gasteiger partial charge in [-0.25, -0.2) is 4.98 Å². The van der Waals surface area contributed by atoms with Gasteiger partial charge in [-0.1, -0.05) is 42.5 Å². The molecule has 2 aromatic carbocycles. The number of fused-ring (bicyclic) bond motifs is 1. The van der Waals surface area contributed by atoms with E-state index in [4.69, 9.17) is 4.74 Å². The third-order valence-electron chi connectivity index (χ3n) is 6.95. The van der Waals surface area contributed by atoms with Crippen LogP contribution in [-0.4, -0.2) is 44.1 Å². The van der Waals surface area contributed by atoms with Crippen LogP contribution < -0.4 is 14.6 Å². The van der Waals surface area contributed by atoms with Crippen molar-refractivity contribution in [3.05, 3.63) is 76.9 Å². The van der Waals surface area contributed by atoms with Crippen molar-refractivity contribution in [3.8, 4) is 23.1 Å². The van der Waals surface area contributed by atoms with E-state index in [-0.39, 0.29) is 5.91 Å². The maximum absolute atomic E-state index is 13.1. The summed E-state index contributed by atoms with van der Waals surface area (Å²) in [4.78, 5) is 20.9. The molecule has 1 amide bonds. The Kier molecular flexibility index (Phi) is 6.18. The van der Waals surface area contributed by atoms with Crippen molar-refractivity contribution in [1.29, 1.82) is 5.26 Å². The van der Waals surface area contributed by atoms with E-state index in [1.165, 1.54) is 11.1 Å². The number of hydrogen-bond acceptors (Lipinski definition) is 4. The van der Waals surface area contributed by atoms with Crippen molar-refractivity contribution >= 4 is 11.7 Å². The number of pyridine rings is 1. The fraction of sp³-hybridized carbons (Fsp3) is 0.321. The quantitative estimate of drug-likeness (QED) is 0.601. The highest BCUT2D eigenvalue weighted by Gasteiger charge is 2.33. The Hall–Kier alpha value is -3.85. The van der Waals surface area contributed by atoms with E-state index in [1.807, 2.05) is 35.2 Å². The van der Waals surface area contributed by atoms with Gasteiger partial charge in [0.1, 0.15) is 36.2 Å². The van der Waals surface area contributed by atoms with Gasteiger partial charge >= 0.3 is 0 Å². The normalized spacial score (nSPS) is 15.4. The van der Waals surface area contributed by atoms with Crippen LogP contribution >= 0.6 is 0 Å². The van der Waals surface area contributed by atoms with Gasteiger partial charge in [0.2, 0.25) is 0 Å². The van der Waals surface area contributed by atoms with E-state index >= 15 is 0 Å². The van der Waals surface area contributed by atoms with Gasteiger partial charge in [0.05, 0.1) is 25.8 Å². The predicted molar refractivity (Wildman–Crippen MR) is 131 cm³/mol. The number of carbonyl (C=O) groups excluding carboxylic acids is 1. The lowest BCUT2D eigenvalue weighted by molar-refractivity contribution is -0.352. The zero-order valence-electron chi connectivity index (χ0n) is 19.5. The Morgan fingerprint density at radius 1 is 0.941 bits per heavy atom. The molecule has 0 unspecified atom stereocenters. The molecule has 1 fully saturated rings. The van der Waals surface area contributed by atoms with E-state index < -0.39 is 0 Å². The van der Waals surface area contributed by atoms with Crippen LogP contribution in [0.3, 0.4) is 0 Å². The lowest BCUT2D eigenvalue weighted by Gasteiger charge is -2.32. The van der Waals surface area contributed by atoms with Crippen LogP contribution in [0.4, 0.5) is 5.82 Å². The number of aromatic amines is 1. The third kappa shape index (κ3) is 3.99. The Balaban J connectivity index is 1.45. The number of nitrogens with zero attached hydrogens (tertiary/aromatic N) is 3. The topological polar surface area (TPSA) is 70.7 Å². The molecule has 0 spiro atoms. The number of H-pyrrole nitrogens is 1. The number of piperazine rings is 1. The molecule has 0 atom stereocenters. The minimum absolute atomic E-state index is 0.0167.